The Morgan fingerprint density at radius 2 is 2.21 bits per heavy atom. The van der Waals surface area contributed by atoms with E-state index in [9.17, 15) is 9.59 Å². The van der Waals surface area contributed by atoms with E-state index in [2.05, 4.69) is 10.6 Å². The molecule has 0 radical (unpaired) electrons. The number of nitrogens with zero attached hydrogens (tertiary/aromatic N) is 1. The Balaban J connectivity index is 2.28. The summed E-state index contributed by atoms with van der Waals surface area (Å²) in [6.45, 7) is 2.60. The highest BCUT2D eigenvalue weighted by Gasteiger charge is 2.30. The summed E-state index contributed by atoms with van der Waals surface area (Å²) >= 11 is 6.20. The van der Waals surface area contributed by atoms with Crippen molar-refractivity contribution in [1.29, 1.82) is 0 Å². The van der Waals surface area contributed by atoms with Gasteiger partial charge in [0.2, 0.25) is 11.8 Å². The van der Waals surface area contributed by atoms with Gasteiger partial charge < -0.3 is 10.2 Å². The Morgan fingerprint density at radius 3 is 2.84 bits per heavy atom. The highest BCUT2D eigenvalue weighted by Crippen LogP contribution is 2.26. The van der Waals surface area contributed by atoms with Crippen molar-refractivity contribution in [2.24, 2.45) is 0 Å². The average Bonchev–Trinajstić information content (AvgIpc) is 2.36. The van der Waals surface area contributed by atoms with Gasteiger partial charge in [-0.05, 0) is 31.7 Å². The lowest BCUT2D eigenvalue weighted by Crippen LogP contribution is -2.57. The van der Waals surface area contributed by atoms with Crippen LogP contribution in [-0.4, -0.2) is 31.4 Å². The van der Waals surface area contributed by atoms with E-state index in [1.54, 1.807) is 17.9 Å². The molecule has 1 aromatic rings. The molecule has 0 saturated carbocycles. The van der Waals surface area contributed by atoms with Gasteiger partial charge in [-0.2, -0.15) is 0 Å². The van der Waals surface area contributed by atoms with Crippen LogP contribution in [0, 0.1) is 0 Å². The number of halogens is 1. The molecule has 0 bridgehead atoms. The van der Waals surface area contributed by atoms with Gasteiger partial charge in [0.15, 0.2) is 0 Å². The van der Waals surface area contributed by atoms with Crippen LogP contribution < -0.4 is 15.5 Å². The number of carbonyl (C=O) groups is 2. The largest absolute Gasteiger partial charge is 0.350 e. The maximum Gasteiger partial charge on any atom is 0.249 e. The van der Waals surface area contributed by atoms with Crippen LogP contribution in [0.2, 0.25) is 5.02 Å². The zero-order valence-corrected chi connectivity index (χ0v) is 11.6. The lowest BCUT2D eigenvalue weighted by molar-refractivity contribution is -0.132. The minimum atomic E-state index is -0.385. The third kappa shape index (κ3) is 2.88. The van der Waals surface area contributed by atoms with Gasteiger partial charge >= 0.3 is 0 Å². The predicted molar refractivity (Wildman–Crippen MR) is 74.2 cm³/mol. The molecular weight excluding hydrogens is 266 g/mol. The number of imide groups is 1. The van der Waals surface area contributed by atoms with Crippen LogP contribution in [0.15, 0.2) is 18.2 Å². The molecule has 19 heavy (non-hydrogen) atoms. The fraction of sp³-hybridized carbons (Fsp3) is 0.385. The molecule has 102 valence electrons. The molecule has 1 unspecified atom stereocenters. The van der Waals surface area contributed by atoms with Gasteiger partial charge in [-0.1, -0.05) is 17.7 Å². The summed E-state index contributed by atoms with van der Waals surface area (Å²) < 4.78 is 0. The molecule has 2 amide bonds. The predicted octanol–water partition coefficient (Wildman–Crippen LogP) is 0.911. The van der Waals surface area contributed by atoms with E-state index in [1.165, 1.54) is 0 Å². The molecule has 0 aliphatic carbocycles. The smallest absolute Gasteiger partial charge is 0.249 e. The van der Waals surface area contributed by atoms with Crippen LogP contribution in [0.25, 0.3) is 0 Å². The van der Waals surface area contributed by atoms with Gasteiger partial charge in [0.25, 0.3) is 0 Å². The van der Waals surface area contributed by atoms with Gasteiger partial charge in [0.05, 0.1) is 6.54 Å². The highest BCUT2D eigenvalue weighted by molar-refractivity contribution is 6.31. The first-order valence-electron chi connectivity index (χ1n) is 6.06. The van der Waals surface area contributed by atoms with Crippen molar-refractivity contribution in [3.8, 4) is 0 Å². The summed E-state index contributed by atoms with van der Waals surface area (Å²) in [7, 11) is 1.85. The van der Waals surface area contributed by atoms with Crippen molar-refractivity contribution in [1.82, 2.24) is 10.6 Å². The molecule has 2 rings (SSSR count). The molecule has 0 spiro atoms. The topological polar surface area (TPSA) is 61.4 Å². The number of nitrogens with one attached hydrogen (secondary N) is 2. The third-order valence-corrected chi connectivity index (χ3v) is 3.51. The fourth-order valence-electron chi connectivity index (χ4n) is 2.08. The van der Waals surface area contributed by atoms with E-state index in [1.807, 2.05) is 19.2 Å². The number of carbonyl (C=O) groups excluding carboxylic acids is 2. The normalized spacial score (nSPS) is 19.5. The van der Waals surface area contributed by atoms with Crippen molar-refractivity contribution in [3.63, 3.8) is 0 Å². The first kappa shape index (κ1) is 13.8. The van der Waals surface area contributed by atoms with E-state index in [0.29, 0.717) is 11.6 Å². The van der Waals surface area contributed by atoms with Crippen LogP contribution in [0.4, 0.5) is 5.69 Å². The number of piperazine rings is 1. The SMILES string of the molecule is CNCc1ccc(N2CC(=O)NC(=O)C2C)cc1Cl. The molecule has 1 aliphatic heterocycles. The number of hydrogen-bond donors (Lipinski definition) is 2. The van der Waals surface area contributed by atoms with Crippen molar-refractivity contribution < 1.29 is 9.59 Å². The van der Waals surface area contributed by atoms with Crippen molar-refractivity contribution in [3.05, 3.63) is 28.8 Å². The van der Waals surface area contributed by atoms with Crippen LogP contribution in [0.1, 0.15) is 12.5 Å². The number of anilines is 1. The molecule has 2 N–H and O–H groups in total. The Hall–Kier alpha value is -1.59. The van der Waals surface area contributed by atoms with Crippen LogP contribution >= 0.6 is 11.6 Å². The van der Waals surface area contributed by atoms with Gasteiger partial charge in [-0.15, -0.1) is 0 Å². The van der Waals surface area contributed by atoms with Crippen molar-refractivity contribution in [2.45, 2.75) is 19.5 Å². The molecule has 1 atom stereocenters. The first-order valence-corrected chi connectivity index (χ1v) is 6.44. The average molecular weight is 282 g/mol. The molecule has 1 aromatic carbocycles. The first-order chi connectivity index (χ1) is 9.02. The molecule has 5 nitrogen and oxygen atoms in total. The second kappa shape index (κ2) is 5.59. The fourth-order valence-corrected chi connectivity index (χ4v) is 2.32. The van der Waals surface area contributed by atoms with Crippen LogP contribution in [-0.2, 0) is 16.1 Å². The monoisotopic (exact) mass is 281 g/mol. The van der Waals surface area contributed by atoms with E-state index >= 15 is 0 Å². The van der Waals surface area contributed by atoms with Crippen molar-refractivity contribution >= 4 is 29.1 Å². The van der Waals surface area contributed by atoms with Crippen LogP contribution in [0.3, 0.4) is 0 Å². The Labute approximate surface area is 116 Å². The summed E-state index contributed by atoms with van der Waals surface area (Å²) in [5.41, 5.74) is 1.76. The lowest BCUT2D eigenvalue weighted by Gasteiger charge is -2.33. The molecule has 6 heteroatoms. The summed E-state index contributed by atoms with van der Waals surface area (Å²) in [6, 6.07) is 5.18. The van der Waals surface area contributed by atoms with E-state index < -0.39 is 0 Å². The maximum absolute atomic E-state index is 11.6. The van der Waals surface area contributed by atoms with E-state index in [0.717, 1.165) is 11.3 Å². The Kier molecular flexibility index (Phi) is 4.07. The third-order valence-electron chi connectivity index (χ3n) is 3.16. The van der Waals surface area contributed by atoms with Gasteiger partial charge in [-0.3, -0.25) is 14.9 Å². The maximum atomic E-state index is 11.6. The summed E-state index contributed by atoms with van der Waals surface area (Å²) in [4.78, 5) is 24.8. The second-order valence-corrected chi connectivity index (χ2v) is 4.93. The number of rotatable bonds is 3. The second-order valence-electron chi connectivity index (χ2n) is 4.52. The highest BCUT2D eigenvalue weighted by atomic mass is 35.5. The van der Waals surface area contributed by atoms with E-state index in [-0.39, 0.29) is 24.4 Å². The zero-order valence-electron chi connectivity index (χ0n) is 10.9. The number of benzene rings is 1. The number of amides is 2. The molecule has 1 fully saturated rings. The molecule has 1 aliphatic rings. The van der Waals surface area contributed by atoms with Gasteiger partial charge in [0.1, 0.15) is 6.04 Å². The summed E-state index contributed by atoms with van der Waals surface area (Å²) in [5, 5.41) is 5.97. The van der Waals surface area contributed by atoms with Crippen LogP contribution in [0.5, 0.6) is 0 Å². The van der Waals surface area contributed by atoms with Gasteiger partial charge in [0, 0.05) is 17.3 Å². The minimum absolute atomic E-state index is 0.161. The van der Waals surface area contributed by atoms with Gasteiger partial charge in [-0.25, -0.2) is 0 Å². The summed E-state index contributed by atoms with van der Waals surface area (Å²) in [6.07, 6.45) is 0. The van der Waals surface area contributed by atoms with Crippen molar-refractivity contribution in [2.75, 3.05) is 18.5 Å². The quantitative estimate of drug-likeness (QED) is 0.809. The van der Waals surface area contributed by atoms with E-state index in [4.69, 9.17) is 11.6 Å². The molecular formula is C13H16ClN3O2. The summed E-state index contributed by atoms with van der Waals surface area (Å²) in [5.74, 6) is -0.579. The molecule has 0 aromatic heterocycles. The zero-order chi connectivity index (χ0) is 14.0. The molecule has 1 heterocycles. The lowest BCUT2D eigenvalue weighted by atomic mass is 10.1. The Morgan fingerprint density at radius 1 is 1.47 bits per heavy atom. The molecule has 1 saturated heterocycles. The Bertz CT molecular complexity index is 519. The number of hydrogen-bond acceptors (Lipinski definition) is 4. The standard InChI is InChI=1S/C13H16ClN3O2/c1-8-13(19)16-12(18)7-17(8)10-4-3-9(6-15-2)11(14)5-10/h3-5,8,15H,6-7H2,1-2H3,(H,16,18,19). The minimum Gasteiger partial charge on any atom is -0.350 e.